The lowest BCUT2D eigenvalue weighted by Gasteiger charge is -2.08. The molecule has 0 aliphatic heterocycles. The summed E-state index contributed by atoms with van der Waals surface area (Å²) in [6.45, 7) is 22.7. The topological polar surface area (TPSA) is 133 Å². The maximum absolute atomic E-state index is 11.0. The highest BCUT2D eigenvalue weighted by atomic mass is 16.6. The number of rotatable bonds is 19. The Morgan fingerprint density at radius 3 is 0.730 bits per heavy atom. The lowest BCUT2D eigenvalue weighted by Crippen LogP contribution is -2.15. The fourth-order valence-corrected chi connectivity index (χ4v) is 1.69. The van der Waals surface area contributed by atoms with Gasteiger partial charge in [-0.05, 0) is 27.7 Å². The predicted molar refractivity (Wildman–Crippen MR) is 136 cm³/mol. The number of hydrogen-bond donors (Lipinski definition) is 0. The second-order valence-corrected chi connectivity index (χ2v) is 7.50. The number of ether oxygens (including phenoxy) is 7. The summed E-state index contributed by atoms with van der Waals surface area (Å²) >= 11 is 0. The molecular formula is C26H40O11. The monoisotopic (exact) mass is 528 g/mol. The Bertz CT molecular complexity index is 719. The van der Waals surface area contributed by atoms with Gasteiger partial charge in [-0.3, -0.25) is 0 Å². The fourth-order valence-electron chi connectivity index (χ4n) is 1.69. The molecule has 0 fully saturated rings. The van der Waals surface area contributed by atoms with Crippen LogP contribution in [-0.4, -0.2) is 89.9 Å². The van der Waals surface area contributed by atoms with Crippen molar-refractivity contribution < 1.29 is 52.3 Å². The molecule has 0 aliphatic carbocycles. The van der Waals surface area contributed by atoms with Gasteiger partial charge in [-0.1, -0.05) is 26.3 Å². The van der Waals surface area contributed by atoms with Crippen molar-refractivity contribution in [1.82, 2.24) is 0 Å². The molecule has 0 N–H and O–H groups in total. The zero-order chi connectivity index (χ0) is 28.6. The summed E-state index contributed by atoms with van der Waals surface area (Å²) in [5.41, 5.74) is 1.36. The first-order valence-electron chi connectivity index (χ1n) is 11.4. The third-order valence-corrected chi connectivity index (χ3v) is 3.61. The van der Waals surface area contributed by atoms with Crippen LogP contribution < -0.4 is 0 Å². The van der Waals surface area contributed by atoms with Crippen molar-refractivity contribution in [1.29, 1.82) is 0 Å². The maximum atomic E-state index is 11.0. The predicted octanol–water partition coefficient (Wildman–Crippen LogP) is 2.50. The van der Waals surface area contributed by atoms with E-state index in [0.717, 1.165) is 0 Å². The molecule has 0 heterocycles. The molecule has 0 rings (SSSR count). The second-order valence-electron chi connectivity index (χ2n) is 7.50. The zero-order valence-corrected chi connectivity index (χ0v) is 22.4. The average Bonchev–Trinajstić information content (AvgIpc) is 2.83. The third kappa shape index (κ3) is 24.2. The summed E-state index contributed by atoms with van der Waals surface area (Å²) in [6.07, 6.45) is 0. The third-order valence-electron chi connectivity index (χ3n) is 3.61. The van der Waals surface area contributed by atoms with Gasteiger partial charge >= 0.3 is 23.9 Å². The second kappa shape index (κ2) is 23.1. The minimum atomic E-state index is -0.489. The van der Waals surface area contributed by atoms with Crippen LogP contribution in [0.1, 0.15) is 27.7 Å². The summed E-state index contributed by atoms with van der Waals surface area (Å²) < 4.78 is 34.8. The Kier molecular flexibility index (Phi) is 22.4. The highest BCUT2D eigenvalue weighted by Crippen LogP contribution is 1.95. The van der Waals surface area contributed by atoms with Crippen LogP contribution in [0.25, 0.3) is 0 Å². The molecular weight excluding hydrogens is 488 g/mol. The van der Waals surface area contributed by atoms with E-state index in [1.165, 1.54) is 0 Å². The standard InChI is InChI=1S/C16H26O7.C10H14O4/c1-13(2)15(17)22-11-9-20-7-5-19-6-8-21-10-12-23-16(18)14(3)4;1-7(2)9(11)13-5-6-14-10(12)8(3)4/h1,3,5-12H2,2,4H3;1,3,5-6H2,2,4H3. The van der Waals surface area contributed by atoms with E-state index in [4.69, 9.17) is 23.7 Å². The normalized spacial score (nSPS) is 9.73. The van der Waals surface area contributed by atoms with E-state index >= 15 is 0 Å². The number of esters is 4. The van der Waals surface area contributed by atoms with Crippen LogP contribution >= 0.6 is 0 Å². The van der Waals surface area contributed by atoms with Crippen molar-refractivity contribution in [3.63, 3.8) is 0 Å². The van der Waals surface area contributed by atoms with Crippen LogP contribution in [0.3, 0.4) is 0 Å². The molecule has 11 heteroatoms. The van der Waals surface area contributed by atoms with Crippen LogP contribution in [0.5, 0.6) is 0 Å². The Hall–Kier alpha value is -3.28. The summed E-state index contributed by atoms with van der Waals surface area (Å²) in [7, 11) is 0. The van der Waals surface area contributed by atoms with Gasteiger partial charge < -0.3 is 33.2 Å². The van der Waals surface area contributed by atoms with Gasteiger partial charge in [-0.25, -0.2) is 19.2 Å². The van der Waals surface area contributed by atoms with Gasteiger partial charge in [0.25, 0.3) is 0 Å². The first-order chi connectivity index (χ1) is 17.4. The van der Waals surface area contributed by atoms with Gasteiger partial charge in [0.05, 0.1) is 39.6 Å². The Morgan fingerprint density at radius 1 is 0.378 bits per heavy atom. The van der Waals surface area contributed by atoms with E-state index in [1.54, 1.807) is 27.7 Å². The number of carbonyl (C=O) groups excluding carboxylic acids is 4. The molecule has 0 bridgehead atoms. The molecule has 11 nitrogen and oxygen atoms in total. The van der Waals surface area contributed by atoms with E-state index in [9.17, 15) is 19.2 Å². The molecule has 0 aliphatic rings. The smallest absolute Gasteiger partial charge is 0.333 e. The molecule has 0 saturated carbocycles. The van der Waals surface area contributed by atoms with E-state index in [2.05, 4.69) is 35.8 Å². The van der Waals surface area contributed by atoms with Crippen LogP contribution in [0.2, 0.25) is 0 Å². The highest BCUT2D eigenvalue weighted by Gasteiger charge is 2.05. The minimum absolute atomic E-state index is 0.0325. The fraction of sp³-hybridized carbons (Fsp3) is 0.538. The first kappa shape index (κ1) is 35.9. The van der Waals surface area contributed by atoms with E-state index in [-0.39, 0.29) is 26.4 Å². The summed E-state index contributed by atoms with van der Waals surface area (Å²) in [6, 6.07) is 0. The van der Waals surface area contributed by atoms with Gasteiger partial charge in [0, 0.05) is 22.3 Å². The summed E-state index contributed by atoms with van der Waals surface area (Å²) in [5.74, 6) is -1.82. The first-order valence-corrected chi connectivity index (χ1v) is 11.4. The van der Waals surface area contributed by atoms with Gasteiger partial charge in [0.15, 0.2) is 0 Å². The van der Waals surface area contributed by atoms with E-state index in [1.807, 2.05) is 0 Å². The van der Waals surface area contributed by atoms with Gasteiger partial charge in [0.1, 0.15) is 26.4 Å². The van der Waals surface area contributed by atoms with Crippen molar-refractivity contribution in [3.8, 4) is 0 Å². The molecule has 210 valence electrons. The molecule has 0 aromatic carbocycles. The minimum Gasteiger partial charge on any atom is -0.460 e. The van der Waals surface area contributed by atoms with Crippen LogP contribution in [0.4, 0.5) is 0 Å². The van der Waals surface area contributed by atoms with Crippen molar-refractivity contribution in [2.75, 3.05) is 66.1 Å². The lowest BCUT2D eigenvalue weighted by atomic mass is 10.4. The van der Waals surface area contributed by atoms with Crippen LogP contribution in [0.15, 0.2) is 48.6 Å². The number of carbonyl (C=O) groups is 4. The molecule has 0 atom stereocenters. The average molecular weight is 529 g/mol. The Morgan fingerprint density at radius 2 is 0.541 bits per heavy atom. The quantitative estimate of drug-likeness (QED) is 0.106. The van der Waals surface area contributed by atoms with Crippen molar-refractivity contribution in [2.24, 2.45) is 0 Å². The largest absolute Gasteiger partial charge is 0.460 e. The van der Waals surface area contributed by atoms with Crippen molar-refractivity contribution >= 4 is 23.9 Å². The molecule has 0 radical (unpaired) electrons. The van der Waals surface area contributed by atoms with Gasteiger partial charge in [-0.2, -0.15) is 0 Å². The highest BCUT2D eigenvalue weighted by molar-refractivity contribution is 5.88. The Labute approximate surface area is 219 Å². The van der Waals surface area contributed by atoms with Gasteiger partial charge in [-0.15, -0.1) is 0 Å². The van der Waals surface area contributed by atoms with Gasteiger partial charge in [0.2, 0.25) is 0 Å². The van der Waals surface area contributed by atoms with Crippen molar-refractivity contribution in [3.05, 3.63) is 48.6 Å². The molecule has 0 spiro atoms. The Balaban J connectivity index is 0. The molecule has 37 heavy (non-hydrogen) atoms. The van der Waals surface area contributed by atoms with Crippen LogP contribution in [0, 0.1) is 0 Å². The summed E-state index contributed by atoms with van der Waals surface area (Å²) in [5, 5.41) is 0. The van der Waals surface area contributed by atoms with E-state index < -0.39 is 23.9 Å². The molecule has 0 unspecified atom stereocenters. The van der Waals surface area contributed by atoms with E-state index in [0.29, 0.717) is 61.9 Å². The molecule has 0 aromatic rings. The molecule has 0 amide bonds. The SMILES string of the molecule is C=C(C)C(=O)OCCOC(=O)C(=C)C.C=C(C)C(=O)OCCOCCOCCOCCOC(=O)C(=C)C. The van der Waals surface area contributed by atoms with Crippen molar-refractivity contribution in [2.45, 2.75) is 27.7 Å². The maximum Gasteiger partial charge on any atom is 0.333 e. The molecule has 0 saturated heterocycles. The zero-order valence-electron chi connectivity index (χ0n) is 22.4. The number of hydrogen-bond acceptors (Lipinski definition) is 11. The lowest BCUT2D eigenvalue weighted by molar-refractivity contribution is -0.147. The molecule has 0 aromatic heterocycles. The summed E-state index contributed by atoms with van der Waals surface area (Å²) in [4.78, 5) is 43.8. The van der Waals surface area contributed by atoms with Crippen LogP contribution in [-0.2, 0) is 52.3 Å².